The first-order valence-corrected chi connectivity index (χ1v) is 7.33. The molecule has 0 spiro atoms. The maximum absolute atomic E-state index is 6.16. The summed E-state index contributed by atoms with van der Waals surface area (Å²) in [6.45, 7) is 8.50. The zero-order valence-corrected chi connectivity index (χ0v) is 14.2. The molecule has 1 N–H and O–H groups in total. The number of nitrogens with zero attached hydrogens (tertiary/aromatic N) is 2. The molecule has 1 aromatic heterocycles. The molecular weight excluding hydrogens is 266 g/mol. The van der Waals surface area contributed by atoms with E-state index < -0.39 is 0 Å². The van der Waals surface area contributed by atoms with E-state index in [0.29, 0.717) is 5.88 Å². The normalized spacial score (nSPS) is 22.9. The van der Waals surface area contributed by atoms with Crippen LogP contribution in [0.2, 0.25) is 0 Å². The lowest BCUT2D eigenvalue weighted by atomic mass is 9.94. The molecule has 0 aromatic carbocycles. The lowest BCUT2D eigenvalue weighted by Gasteiger charge is -2.30. The van der Waals surface area contributed by atoms with Crippen molar-refractivity contribution in [1.82, 2.24) is 4.98 Å². The van der Waals surface area contributed by atoms with Crippen LogP contribution in [-0.2, 0) is 4.74 Å². The van der Waals surface area contributed by atoms with Gasteiger partial charge in [0.1, 0.15) is 5.69 Å². The molecule has 0 amide bonds. The molecule has 1 saturated heterocycles. The van der Waals surface area contributed by atoms with Crippen LogP contribution in [0.15, 0.2) is 12.3 Å². The highest BCUT2D eigenvalue weighted by Gasteiger charge is 2.46. The molecule has 0 saturated carbocycles. The van der Waals surface area contributed by atoms with Crippen LogP contribution in [0, 0.1) is 0 Å². The summed E-state index contributed by atoms with van der Waals surface area (Å²) >= 11 is 0. The maximum atomic E-state index is 6.16. The van der Waals surface area contributed by atoms with E-state index in [1.54, 1.807) is 13.3 Å². The predicted molar refractivity (Wildman–Crippen MR) is 86.4 cm³/mol. The first-order valence-electron chi connectivity index (χ1n) is 7.33. The van der Waals surface area contributed by atoms with Crippen LogP contribution in [0.5, 0.6) is 5.88 Å². The second-order valence-corrected chi connectivity index (χ2v) is 6.98. The molecular formula is C16H27N3O2. The maximum Gasteiger partial charge on any atom is 0.239 e. The van der Waals surface area contributed by atoms with Gasteiger partial charge in [0, 0.05) is 20.3 Å². The van der Waals surface area contributed by atoms with E-state index in [0.717, 1.165) is 17.8 Å². The molecule has 1 fully saturated rings. The Labute approximate surface area is 127 Å². The van der Waals surface area contributed by atoms with Crippen LogP contribution in [0.1, 0.15) is 34.1 Å². The Morgan fingerprint density at radius 3 is 2.48 bits per heavy atom. The van der Waals surface area contributed by atoms with E-state index in [2.05, 4.69) is 42.9 Å². The van der Waals surface area contributed by atoms with Crippen LogP contribution in [0.4, 0.5) is 11.4 Å². The number of anilines is 2. The monoisotopic (exact) mass is 293 g/mol. The highest BCUT2D eigenvalue weighted by Crippen LogP contribution is 2.41. The average molecular weight is 293 g/mol. The molecule has 2 rings (SSSR count). The summed E-state index contributed by atoms with van der Waals surface area (Å²) in [5.41, 5.74) is 1.61. The topological polar surface area (TPSA) is 46.6 Å². The quantitative estimate of drug-likeness (QED) is 0.925. The van der Waals surface area contributed by atoms with Gasteiger partial charge in [-0.2, -0.15) is 0 Å². The largest absolute Gasteiger partial charge is 0.479 e. The Morgan fingerprint density at radius 2 is 2.00 bits per heavy atom. The van der Waals surface area contributed by atoms with Gasteiger partial charge in [0.2, 0.25) is 5.88 Å². The molecule has 5 heteroatoms. The molecule has 1 aliphatic rings. The molecule has 118 valence electrons. The van der Waals surface area contributed by atoms with Gasteiger partial charge in [-0.25, -0.2) is 4.98 Å². The molecule has 0 radical (unpaired) electrons. The third-order valence-corrected chi connectivity index (χ3v) is 3.96. The summed E-state index contributed by atoms with van der Waals surface area (Å²) in [7, 11) is 5.67. The first kappa shape index (κ1) is 15.9. The second kappa shape index (κ2) is 5.37. The van der Waals surface area contributed by atoms with Crippen LogP contribution < -0.4 is 15.0 Å². The van der Waals surface area contributed by atoms with Crippen molar-refractivity contribution in [2.75, 3.05) is 31.4 Å². The van der Waals surface area contributed by atoms with Crippen molar-refractivity contribution < 1.29 is 9.47 Å². The van der Waals surface area contributed by atoms with Crippen LogP contribution in [0.3, 0.4) is 0 Å². The minimum absolute atomic E-state index is 0.130. The van der Waals surface area contributed by atoms with E-state index in [1.807, 2.05) is 20.2 Å². The molecule has 21 heavy (non-hydrogen) atoms. The zero-order valence-electron chi connectivity index (χ0n) is 14.2. The molecule has 2 heterocycles. The molecule has 0 bridgehead atoms. The average Bonchev–Trinajstić information content (AvgIpc) is 2.57. The number of methoxy groups -OCH3 is 1. The van der Waals surface area contributed by atoms with E-state index in [1.165, 1.54) is 0 Å². The van der Waals surface area contributed by atoms with Crippen molar-refractivity contribution in [3.8, 4) is 5.88 Å². The predicted octanol–water partition coefficient (Wildman–Crippen LogP) is 2.91. The highest BCUT2D eigenvalue weighted by atomic mass is 16.5. The van der Waals surface area contributed by atoms with Gasteiger partial charge in [-0.3, -0.25) is 0 Å². The first-order chi connectivity index (χ1) is 9.66. The second-order valence-electron chi connectivity index (χ2n) is 6.98. The van der Waals surface area contributed by atoms with Gasteiger partial charge >= 0.3 is 0 Å². The summed E-state index contributed by atoms with van der Waals surface area (Å²) in [5, 5.41) is 3.60. The van der Waals surface area contributed by atoms with Gasteiger partial charge in [0.25, 0.3) is 0 Å². The molecule has 1 aliphatic heterocycles. The minimum atomic E-state index is -0.242. The number of nitrogens with one attached hydrogen (secondary N) is 1. The molecule has 0 aliphatic carbocycles. The van der Waals surface area contributed by atoms with Crippen LogP contribution in [0.25, 0.3) is 0 Å². The summed E-state index contributed by atoms with van der Waals surface area (Å²) < 4.78 is 11.6. The number of pyridine rings is 1. The van der Waals surface area contributed by atoms with Crippen molar-refractivity contribution >= 4 is 11.4 Å². The molecule has 1 unspecified atom stereocenters. The Hall–Kier alpha value is -1.49. The van der Waals surface area contributed by atoms with Gasteiger partial charge < -0.3 is 19.7 Å². The fourth-order valence-electron chi connectivity index (χ4n) is 3.06. The van der Waals surface area contributed by atoms with Crippen molar-refractivity contribution in [3.05, 3.63) is 12.3 Å². The van der Waals surface area contributed by atoms with Gasteiger partial charge in [0.05, 0.1) is 30.0 Å². The number of rotatable bonds is 4. The number of hydrogen-bond donors (Lipinski definition) is 1. The van der Waals surface area contributed by atoms with Crippen LogP contribution in [-0.4, -0.2) is 43.4 Å². The van der Waals surface area contributed by atoms with Crippen molar-refractivity contribution in [3.63, 3.8) is 0 Å². The third-order valence-electron chi connectivity index (χ3n) is 3.96. The van der Waals surface area contributed by atoms with E-state index in [9.17, 15) is 0 Å². The van der Waals surface area contributed by atoms with Crippen molar-refractivity contribution in [1.29, 1.82) is 0 Å². The third kappa shape index (κ3) is 3.23. The summed E-state index contributed by atoms with van der Waals surface area (Å²) in [5.74, 6) is 0.613. The summed E-state index contributed by atoms with van der Waals surface area (Å²) in [6, 6.07) is 2.18. The van der Waals surface area contributed by atoms with Gasteiger partial charge in [-0.05, 0) is 40.2 Å². The molecule has 1 aromatic rings. The fourth-order valence-corrected chi connectivity index (χ4v) is 3.06. The zero-order chi connectivity index (χ0) is 15.8. The summed E-state index contributed by atoms with van der Waals surface area (Å²) in [6.07, 6.45) is 2.70. The van der Waals surface area contributed by atoms with E-state index in [4.69, 9.17) is 9.47 Å². The highest BCUT2D eigenvalue weighted by molar-refractivity contribution is 5.74. The standard InChI is InChI=1S/C16H27N3O2/c1-15(2)10-12(16(3,4)21-15)18-13-11(19(5)6)8-9-17-14(13)20-7/h8-9,12,18H,10H2,1-7H3. The lowest BCUT2D eigenvalue weighted by Crippen LogP contribution is -2.38. The van der Waals surface area contributed by atoms with Crippen molar-refractivity contribution in [2.24, 2.45) is 0 Å². The van der Waals surface area contributed by atoms with E-state index >= 15 is 0 Å². The summed E-state index contributed by atoms with van der Waals surface area (Å²) in [4.78, 5) is 6.37. The van der Waals surface area contributed by atoms with E-state index in [-0.39, 0.29) is 17.2 Å². The Morgan fingerprint density at radius 1 is 1.33 bits per heavy atom. The Kier molecular flexibility index (Phi) is 4.06. The van der Waals surface area contributed by atoms with Crippen molar-refractivity contribution in [2.45, 2.75) is 51.4 Å². The molecule has 5 nitrogen and oxygen atoms in total. The van der Waals surface area contributed by atoms with Gasteiger partial charge in [-0.15, -0.1) is 0 Å². The smallest absolute Gasteiger partial charge is 0.239 e. The molecule has 1 atom stereocenters. The van der Waals surface area contributed by atoms with Gasteiger partial charge in [-0.1, -0.05) is 0 Å². The lowest BCUT2D eigenvalue weighted by molar-refractivity contribution is -0.0662. The SMILES string of the molecule is COc1nccc(N(C)C)c1NC1CC(C)(C)OC1(C)C. The minimum Gasteiger partial charge on any atom is -0.479 e. The number of aromatic nitrogens is 1. The Bertz CT molecular complexity index is 512. The van der Waals surface area contributed by atoms with Gasteiger partial charge in [0.15, 0.2) is 0 Å². The van der Waals surface area contributed by atoms with Crippen LogP contribution >= 0.6 is 0 Å². The number of ether oxygens (including phenoxy) is 2. The number of hydrogen-bond acceptors (Lipinski definition) is 5. The fraction of sp³-hybridized carbons (Fsp3) is 0.688. The Balaban J connectivity index is 2.35.